The van der Waals surface area contributed by atoms with Gasteiger partial charge in [-0.3, -0.25) is 0 Å². The molecule has 0 spiro atoms. The van der Waals surface area contributed by atoms with E-state index >= 15 is 0 Å². The summed E-state index contributed by atoms with van der Waals surface area (Å²) < 4.78 is 7.47. The third-order valence-corrected chi connectivity index (χ3v) is 3.65. The summed E-state index contributed by atoms with van der Waals surface area (Å²) in [6.07, 6.45) is 4.90. The monoisotopic (exact) mass is 314 g/mol. The van der Waals surface area contributed by atoms with E-state index in [0.29, 0.717) is 0 Å². The molecular formula is C19H14N4O. The van der Waals surface area contributed by atoms with Crippen molar-refractivity contribution in [1.82, 2.24) is 19.7 Å². The summed E-state index contributed by atoms with van der Waals surface area (Å²) in [6.45, 7) is 3.77. The maximum Gasteiger partial charge on any atom is 0.166 e. The highest BCUT2D eigenvalue weighted by Crippen LogP contribution is 2.29. The van der Waals surface area contributed by atoms with Crippen LogP contribution in [0.15, 0.2) is 73.7 Å². The highest BCUT2D eigenvalue weighted by Gasteiger charge is 2.12. The summed E-state index contributed by atoms with van der Waals surface area (Å²) >= 11 is 0. The zero-order valence-electron chi connectivity index (χ0n) is 12.8. The van der Waals surface area contributed by atoms with Crippen molar-refractivity contribution in [2.75, 3.05) is 0 Å². The van der Waals surface area contributed by atoms with E-state index in [2.05, 4.69) is 21.6 Å². The number of para-hydroxylation sites is 1. The van der Waals surface area contributed by atoms with Gasteiger partial charge in [-0.1, -0.05) is 24.8 Å². The summed E-state index contributed by atoms with van der Waals surface area (Å²) in [4.78, 5) is 8.36. The number of nitrogens with zero attached hydrogens (tertiary/aromatic N) is 4. The maximum absolute atomic E-state index is 5.82. The van der Waals surface area contributed by atoms with Gasteiger partial charge in [0, 0.05) is 18.0 Å². The minimum atomic E-state index is 0.736. The summed E-state index contributed by atoms with van der Waals surface area (Å²) in [5.74, 6) is 1.58. The normalized spacial score (nSPS) is 10.7. The molecule has 4 aromatic rings. The number of rotatable bonds is 4. The fourth-order valence-electron chi connectivity index (χ4n) is 2.53. The second-order valence-corrected chi connectivity index (χ2v) is 5.18. The van der Waals surface area contributed by atoms with Crippen molar-refractivity contribution in [3.05, 3.63) is 73.7 Å². The highest BCUT2D eigenvalue weighted by molar-refractivity contribution is 5.91. The van der Waals surface area contributed by atoms with Crippen LogP contribution in [0.3, 0.4) is 0 Å². The largest absolute Gasteiger partial charge is 0.457 e. The van der Waals surface area contributed by atoms with E-state index in [-0.39, 0.29) is 0 Å². The second kappa shape index (κ2) is 5.96. The molecule has 4 rings (SSSR count). The van der Waals surface area contributed by atoms with Gasteiger partial charge in [0.1, 0.15) is 23.5 Å². The Kier molecular flexibility index (Phi) is 3.51. The third kappa shape index (κ3) is 2.52. The molecule has 0 fully saturated rings. The van der Waals surface area contributed by atoms with E-state index in [0.717, 1.165) is 33.8 Å². The number of hydrogen-bond donors (Lipinski definition) is 0. The van der Waals surface area contributed by atoms with Gasteiger partial charge in [0.05, 0.1) is 5.39 Å². The molecule has 24 heavy (non-hydrogen) atoms. The average molecular weight is 314 g/mol. The molecule has 0 bridgehead atoms. The molecule has 0 saturated carbocycles. The van der Waals surface area contributed by atoms with Crippen molar-refractivity contribution >= 4 is 17.2 Å². The lowest BCUT2D eigenvalue weighted by molar-refractivity contribution is 0.483. The molecule has 2 aromatic carbocycles. The van der Waals surface area contributed by atoms with E-state index in [9.17, 15) is 0 Å². The third-order valence-electron chi connectivity index (χ3n) is 3.65. The van der Waals surface area contributed by atoms with Crippen LogP contribution in [0.1, 0.15) is 0 Å². The molecule has 116 valence electrons. The van der Waals surface area contributed by atoms with Crippen LogP contribution >= 0.6 is 0 Å². The van der Waals surface area contributed by atoms with Crippen molar-refractivity contribution in [2.45, 2.75) is 0 Å². The zero-order chi connectivity index (χ0) is 16.4. The van der Waals surface area contributed by atoms with Crippen LogP contribution < -0.4 is 4.74 Å². The molecular weight excluding hydrogens is 300 g/mol. The van der Waals surface area contributed by atoms with Crippen LogP contribution in [0.2, 0.25) is 0 Å². The molecule has 0 N–H and O–H groups in total. The molecule has 2 heterocycles. The molecule has 0 aliphatic rings. The smallest absolute Gasteiger partial charge is 0.166 e. The lowest BCUT2D eigenvalue weighted by atomic mass is 10.1. The van der Waals surface area contributed by atoms with Crippen LogP contribution in [-0.4, -0.2) is 19.7 Å². The number of fused-ring (bicyclic) bond motifs is 1. The predicted molar refractivity (Wildman–Crippen MR) is 93.7 cm³/mol. The minimum absolute atomic E-state index is 0.736. The van der Waals surface area contributed by atoms with Crippen LogP contribution in [0.25, 0.3) is 28.5 Å². The zero-order valence-corrected chi connectivity index (χ0v) is 12.8. The van der Waals surface area contributed by atoms with Crippen LogP contribution in [0.4, 0.5) is 0 Å². The predicted octanol–water partition coefficient (Wildman–Crippen LogP) is 4.39. The quantitative estimate of drug-likeness (QED) is 0.561. The Labute approximate surface area is 138 Å². The lowest BCUT2D eigenvalue weighted by Gasteiger charge is -2.06. The minimum Gasteiger partial charge on any atom is -0.457 e. The lowest BCUT2D eigenvalue weighted by Crippen LogP contribution is -1.89. The second-order valence-electron chi connectivity index (χ2n) is 5.18. The first-order valence-corrected chi connectivity index (χ1v) is 7.49. The first-order chi connectivity index (χ1) is 11.8. The Morgan fingerprint density at radius 1 is 0.958 bits per heavy atom. The van der Waals surface area contributed by atoms with Crippen molar-refractivity contribution in [3.63, 3.8) is 0 Å². The Morgan fingerprint density at radius 2 is 1.71 bits per heavy atom. The Hall–Kier alpha value is -3.47. The Morgan fingerprint density at radius 3 is 2.46 bits per heavy atom. The molecule has 0 atom stereocenters. The molecule has 0 aliphatic carbocycles. The van der Waals surface area contributed by atoms with Crippen molar-refractivity contribution in [2.24, 2.45) is 0 Å². The van der Waals surface area contributed by atoms with Crippen molar-refractivity contribution in [1.29, 1.82) is 0 Å². The fourth-order valence-corrected chi connectivity index (χ4v) is 2.53. The van der Waals surface area contributed by atoms with Crippen LogP contribution in [0, 0.1) is 0 Å². The van der Waals surface area contributed by atoms with Gasteiger partial charge in [-0.05, 0) is 36.4 Å². The Balaban J connectivity index is 1.69. The summed E-state index contributed by atoms with van der Waals surface area (Å²) in [5, 5.41) is 5.43. The highest BCUT2D eigenvalue weighted by atomic mass is 16.5. The van der Waals surface area contributed by atoms with E-state index < -0.39 is 0 Å². The molecule has 0 saturated heterocycles. The van der Waals surface area contributed by atoms with Crippen molar-refractivity contribution in [3.8, 4) is 22.8 Å². The maximum atomic E-state index is 5.82. The molecule has 0 amide bonds. The van der Waals surface area contributed by atoms with E-state index in [1.54, 1.807) is 17.1 Å². The molecule has 0 unspecified atom stereocenters. The van der Waals surface area contributed by atoms with E-state index in [4.69, 9.17) is 4.74 Å². The SMILES string of the molecule is C=Cn1nc(-c2ccc(Oc3ccccc3)cc2)c2cncnc21. The van der Waals surface area contributed by atoms with Crippen LogP contribution in [0.5, 0.6) is 11.5 Å². The van der Waals surface area contributed by atoms with Gasteiger partial charge < -0.3 is 4.74 Å². The van der Waals surface area contributed by atoms with E-state index in [1.807, 2.05) is 54.6 Å². The van der Waals surface area contributed by atoms with Gasteiger partial charge in [-0.2, -0.15) is 5.10 Å². The molecule has 2 aromatic heterocycles. The average Bonchev–Trinajstić information content (AvgIpc) is 3.02. The Bertz CT molecular complexity index is 991. The van der Waals surface area contributed by atoms with Gasteiger partial charge in [0.15, 0.2) is 5.65 Å². The molecule has 0 aliphatic heterocycles. The summed E-state index contributed by atoms with van der Waals surface area (Å²) in [6, 6.07) is 17.5. The summed E-state index contributed by atoms with van der Waals surface area (Å²) in [7, 11) is 0. The van der Waals surface area contributed by atoms with Gasteiger partial charge in [-0.15, -0.1) is 0 Å². The van der Waals surface area contributed by atoms with E-state index in [1.165, 1.54) is 6.33 Å². The fraction of sp³-hybridized carbons (Fsp3) is 0. The standard InChI is InChI=1S/C19H14N4O/c1-2-23-19-17(12-20-13-21-19)18(22-23)14-8-10-16(11-9-14)24-15-6-4-3-5-7-15/h2-13H,1H2. The number of ether oxygens (including phenoxy) is 1. The number of hydrogen-bond acceptors (Lipinski definition) is 4. The number of benzene rings is 2. The molecule has 0 radical (unpaired) electrons. The van der Waals surface area contributed by atoms with Gasteiger partial charge in [0.25, 0.3) is 0 Å². The van der Waals surface area contributed by atoms with Gasteiger partial charge >= 0.3 is 0 Å². The first kappa shape index (κ1) is 14.1. The number of aromatic nitrogens is 4. The van der Waals surface area contributed by atoms with Crippen LogP contribution in [-0.2, 0) is 0 Å². The molecule has 5 heteroatoms. The summed E-state index contributed by atoms with van der Waals surface area (Å²) in [5.41, 5.74) is 2.52. The topological polar surface area (TPSA) is 52.8 Å². The van der Waals surface area contributed by atoms with Gasteiger partial charge in [-0.25, -0.2) is 14.6 Å². The van der Waals surface area contributed by atoms with Gasteiger partial charge in [0.2, 0.25) is 0 Å². The van der Waals surface area contributed by atoms with Crippen molar-refractivity contribution < 1.29 is 4.74 Å². The first-order valence-electron chi connectivity index (χ1n) is 7.49. The molecule has 5 nitrogen and oxygen atoms in total.